The van der Waals surface area contributed by atoms with E-state index in [1.165, 1.54) is 6.07 Å². The molecule has 9 nitrogen and oxygen atoms in total. The van der Waals surface area contributed by atoms with E-state index >= 15 is 0 Å². The SMILES string of the molecule is Cc1cc([C@@H](C)Nc2ccc(Cl)nc2S(=O)(=O)NC(C)(C)C)c2oc(-c3cnn(C)c3)c(Br)c(=O)c2c1. The van der Waals surface area contributed by atoms with Crippen LogP contribution in [0.4, 0.5) is 5.69 Å². The monoisotopic (exact) mass is 607 g/mol. The molecule has 0 aliphatic carbocycles. The Morgan fingerprint density at radius 2 is 1.92 bits per heavy atom. The number of nitrogens with zero attached hydrogens (tertiary/aromatic N) is 3. The number of aryl methyl sites for hydroxylation is 2. The van der Waals surface area contributed by atoms with E-state index in [9.17, 15) is 13.2 Å². The first-order valence-electron chi connectivity index (χ1n) is 11.4. The highest BCUT2D eigenvalue weighted by Crippen LogP contribution is 2.35. The Balaban J connectivity index is 1.85. The number of benzene rings is 1. The first-order valence-corrected chi connectivity index (χ1v) is 14.0. The van der Waals surface area contributed by atoms with Gasteiger partial charge in [-0.2, -0.15) is 5.10 Å². The average molecular weight is 609 g/mol. The number of hydrogen-bond donors (Lipinski definition) is 2. The minimum atomic E-state index is -4.00. The summed E-state index contributed by atoms with van der Waals surface area (Å²) in [5.74, 6) is 0.355. The highest BCUT2D eigenvalue weighted by molar-refractivity contribution is 9.10. The second-order valence-corrected chi connectivity index (χ2v) is 12.7. The normalized spacial score (nSPS) is 13.2. The molecule has 4 rings (SSSR count). The van der Waals surface area contributed by atoms with Crippen molar-refractivity contribution in [3.8, 4) is 11.3 Å². The maximum absolute atomic E-state index is 13.3. The summed E-state index contributed by atoms with van der Waals surface area (Å²) in [7, 11) is -2.22. The number of fused-ring (bicyclic) bond motifs is 1. The van der Waals surface area contributed by atoms with Gasteiger partial charge >= 0.3 is 0 Å². The lowest BCUT2D eigenvalue weighted by atomic mass is 10.0. The third-order valence-corrected chi connectivity index (χ3v) is 8.07. The molecule has 1 atom stereocenters. The zero-order valence-corrected chi connectivity index (χ0v) is 24.3. The highest BCUT2D eigenvalue weighted by atomic mass is 79.9. The molecule has 2 N–H and O–H groups in total. The van der Waals surface area contributed by atoms with Crippen LogP contribution in [0, 0.1) is 6.92 Å². The molecule has 0 spiro atoms. The van der Waals surface area contributed by atoms with Crippen molar-refractivity contribution in [1.82, 2.24) is 19.5 Å². The molecule has 0 aliphatic heterocycles. The molecule has 0 amide bonds. The Kier molecular flexibility index (Phi) is 7.28. The lowest BCUT2D eigenvalue weighted by molar-refractivity contribution is 0.490. The Morgan fingerprint density at radius 3 is 2.54 bits per heavy atom. The van der Waals surface area contributed by atoms with Gasteiger partial charge in [0.2, 0.25) is 5.43 Å². The summed E-state index contributed by atoms with van der Waals surface area (Å²) in [4.78, 5) is 17.4. The summed E-state index contributed by atoms with van der Waals surface area (Å²) < 4.78 is 37.1. The van der Waals surface area contributed by atoms with Crippen molar-refractivity contribution in [2.45, 2.75) is 51.2 Å². The molecule has 196 valence electrons. The predicted molar refractivity (Wildman–Crippen MR) is 148 cm³/mol. The number of sulfonamides is 1. The Morgan fingerprint density at radius 1 is 1.22 bits per heavy atom. The first kappa shape index (κ1) is 27.3. The molecular formula is C25H27BrClN5O4S. The highest BCUT2D eigenvalue weighted by Gasteiger charge is 2.28. The van der Waals surface area contributed by atoms with Crippen LogP contribution in [0.2, 0.25) is 5.15 Å². The van der Waals surface area contributed by atoms with Crippen molar-refractivity contribution in [2.75, 3.05) is 5.32 Å². The van der Waals surface area contributed by atoms with E-state index in [2.05, 4.69) is 36.1 Å². The van der Waals surface area contributed by atoms with Crippen LogP contribution in [0.1, 0.15) is 44.9 Å². The van der Waals surface area contributed by atoms with Crippen molar-refractivity contribution in [3.63, 3.8) is 0 Å². The number of hydrogen-bond acceptors (Lipinski definition) is 7. The Hall–Kier alpha value is -2.73. The number of rotatable bonds is 6. The largest absolute Gasteiger partial charge is 0.454 e. The van der Waals surface area contributed by atoms with Gasteiger partial charge in [-0.25, -0.2) is 18.1 Å². The quantitative estimate of drug-likeness (QED) is 0.275. The molecule has 0 saturated heterocycles. The van der Waals surface area contributed by atoms with E-state index in [4.69, 9.17) is 16.0 Å². The molecule has 0 radical (unpaired) electrons. The summed E-state index contributed by atoms with van der Waals surface area (Å²) in [6.07, 6.45) is 3.37. The van der Waals surface area contributed by atoms with E-state index in [0.29, 0.717) is 32.3 Å². The van der Waals surface area contributed by atoms with E-state index in [-0.39, 0.29) is 21.3 Å². The van der Waals surface area contributed by atoms with Crippen molar-refractivity contribution >= 4 is 54.2 Å². The lowest BCUT2D eigenvalue weighted by Gasteiger charge is -2.23. The number of aromatic nitrogens is 3. The van der Waals surface area contributed by atoms with E-state index in [0.717, 1.165) is 5.56 Å². The van der Waals surface area contributed by atoms with Gasteiger partial charge in [0.25, 0.3) is 10.0 Å². The van der Waals surface area contributed by atoms with Crippen LogP contribution in [0.25, 0.3) is 22.3 Å². The van der Waals surface area contributed by atoms with Crippen LogP contribution in [-0.2, 0) is 17.1 Å². The minimum Gasteiger partial charge on any atom is -0.454 e. The molecule has 0 saturated carbocycles. The Labute approximate surface area is 228 Å². The van der Waals surface area contributed by atoms with Gasteiger partial charge in [-0.05, 0) is 74.3 Å². The molecule has 0 aliphatic rings. The van der Waals surface area contributed by atoms with Gasteiger partial charge in [0, 0.05) is 24.3 Å². The van der Waals surface area contributed by atoms with E-state index < -0.39 is 21.6 Å². The van der Waals surface area contributed by atoms with Gasteiger partial charge in [0.1, 0.15) is 15.2 Å². The van der Waals surface area contributed by atoms with Crippen molar-refractivity contribution in [2.24, 2.45) is 7.05 Å². The van der Waals surface area contributed by atoms with E-state index in [1.54, 1.807) is 57.0 Å². The summed E-state index contributed by atoms with van der Waals surface area (Å²) in [5.41, 5.74) is 1.87. The van der Waals surface area contributed by atoms with Crippen LogP contribution >= 0.6 is 27.5 Å². The van der Waals surface area contributed by atoms with Crippen LogP contribution in [0.3, 0.4) is 0 Å². The number of anilines is 1. The third kappa shape index (κ3) is 5.74. The van der Waals surface area contributed by atoms with E-state index in [1.807, 2.05) is 19.9 Å². The second kappa shape index (κ2) is 9.86. The van der Waals surface area contributed by atoms with Crippen LogP contribution in [0.5, 0.6) is 0 Å². The van der Waals surface area contributed by atoms with Crippen LogP contribution in [0.15, 0.2) is 55.4 Å². The zero-order valence-electron chi connectivity index (χ0n) is 21.2. The average Bonchev–Trinajstić information content (AvgIpc) is 3.21. The fourth-order valence-corrected chi connectivity index (χ4v) is 6.25. The molecule has 0 fully saturated rings. The fraction of sp³-hybridized carbons (Fsp3) is 0.320. The topological polar surface area (TPSA) is 119 Å². The molecular weight excluding hydrogens is 582 g/mol. The lowest BCUT2D eigenvalue weighted by Crippen LogP contribution is -2.41. The smallest absolute Gasteiger partial charge is 0.260 e. The van der Waals surface area contributed by atoms with Crippen molar-refractivity contribution in [1.29, 1.82) is 0 Å². The molecule has 12 heteroatoms. The molecule has 0 bridgehead atoms. The van der Waals surface area contributed by atoms with Crippen LogP contribution < -0.4 is 15.5 Å². The number of halogens is 2. The molecule has 37 heavy (non-hydrogen) atoms. The number of nitrogens with one attached hydrogen (secondary N) is 2. The summed E-state index contributed by atoms with van der Waals surface area (Å²) in [6, 6.07) is 6.27. The summed E-state index contributed by atoms with van der Waals surface area (Å²) in [5, 5.41) is 7.64. The van der Waals surface area contributed by atoms with Crippen molar-refractivity contribution < 1.29 is 12.8 Å². The fourth-order valence-electron chi connectivity index (χ4n) is 3.99. The van der Waals surface area contributed by atoms with Crippen molar-refractivity contribution in [3.05, 3.63) is 67.6 Å². The predicted octanol–water partition coefficient (Wildman–Crippen LogP) is 5.56. The minimum absolute atomic E-state index is 0.0467. The molecule has 4 aromatic rings. The number of pyridine rings is 1. The van der Waals surface area contributed by atoms with Gasteiger partial charge in [0.05, 0.1) is 28.9 Å². The maximum atomic E-state index is 13.3. The Bertz CT molecular complexity index is 1680. The second-order valence-electron chi connectivity index (χ2n) is 9.92. The van der Waals surface area contributed by atoms with Gasteiger partial charge in [-0.1, -0.05) is 17.7 Å². The first-order chi connectivity index (χ1) is 17.2. The van der Waals surface area contributed by atoms with Gasteiger partial charge < -0.3 is 9.73 Å². The molecule has 1 aromatic carbocycles. The van der Waals surface area contributed by atoms with Crippen LogP contribution in [-0.4, -0.2) is 28.7 Å². The van der Waals surface area contributed by atoms with Gasteiger partial charge in [-0.15, -0.1) is 0 Å². The standard InChI is InChI=1S/C25H27BrClN5O4S/c1-13-9-16(23-17(10-13)21(33)20(26)22(36-23)15-11-28-32(6)12-15)14(2)29-18-7-8-19(27)30-24(18)37(34,35)31-25(3,4)5/h7-12,14,29,31H,1-6H3/t14-/m1/s1. The third-order valence-electron chi connectivity index (χ3n) is 5.44. The summed E-state index contributed by atoms with van der Waals surface area (Å²) in [6.45, 7) is 8.95. The van der Waals surface area contributed by atoms with Gasteiger partial charge in [-0.3, -0.25) is 9.48 Å². The molecule has 3 aromatic heterocycles. The maximum Gasteiger partial charge on any atom is 0.260 e. The molecule has 3 heterocycles. The zero-order chi connectivity index (χ0) is 27.3. The molecule has 0 unspecified atom stereocenters. The van der Waals surface area contributed by atoms with Gasteiger partial charge in [0.15, 0.2) is 10.8 Å². The summed E-state index contributed by atoms with van der Waals surface area (Å²) >= 11 is 9.46.